The third kappa shape index (κ3) is 1.76. The third-order valence-electron chi connectivity index (χ3n) is 1.41. The van der Waals surface area contributed by atoms with Gasteiger partial charge >= 0.3 is 0 Å². The van der Waals surface area contributed by atoms with Gasteiger partial charge in [-0.3, -0.25) is 9.59 Å². The van der Waals surface area contributed by atoms with Crippen LogP contribution in [-0.2, 0) is 14.4 Å². The number of hydrogen-bond acceptors (Lipinski definition) is 4. The smallest absolute Gasteiger partial charge is 0.227 e. The molecule has 0 aromatic rings. The number of hydrogen-bond donors (Lipinski definition) is 1. The molecule has 5 heteroatoms. The second kappa shape index (κ2) is 2.69. The van der Waals surface area contributed by atoms with Gasteiger partial charge in [0.25, 0.3) is 0 Å². The monoisotopic (exact) mass is 156 g/mol. The van der Waals surface area contributed by atoms with Crippen molar-refractivity contribution in [3.8, 4) is 0 Å². The fourth-order valence-electron chi connectivity index (χ4n) is 0.918. The maximum atomic E-state index is 10.6. The van der Waals surface area contributed by atoms with Crippen molar-refractivity contribution >= 4 is 17.7 Å². The van der Waals surface area contributed by atoms with Gasteiger partial charge in [-0.1, -0.05) is 0 Å². The zero-order valence-corrected chi connectivity index (χ0v) is 5.62. The van der Waals surface area contributed by atoms with Crippen LogP contribution in [0, 0.1) is 0 Å². The first-order chi connectivity index (χ1) is 5.09. The van der Waals surface area contributed by atoms with Crippen molar-refractivity contribution in [2.45, 2.75) is 18.9 Å². The molecule has 1 amide bonds. The molecule has 1 atom stereocenters. The summed E-state index contributed by atoms with van der Waals surface area (Å²) in [6.45, 7) is 0. The van der Waals surface area contributed by atoms with Crippen LogP contribution in [0.1, 0.15) is 12.8 Å². The Morgan fingerprint density at radius 3 is 2.64 bits per heavy atom. The van der Waals surface area contributed by atoms with E-state index in [0.29, 0.717) is 0 Å². The number of Topliss-reactive ketones (excluding diaryl/α,β-unsaturated/α-hetero) is 1. The van der Waals surface area contributed by atoms with E-state index in [1.54, 1.807) is 0 Å². The predicted octanol–water partition coefficient (Wildman–Crippen LogP) is -2.42. The first-order valence-electron chi connectivity index (χ1n) is 3.11. The van der Waals surface area contributed by atoms with Crippen LogP contribution in [0.25, 0.3) is 0 Å². The fourth-order valence-corrected chi connectivity index (χ4v) is 0.918. The maximum absolute atomic E-state index is 10.6. The summed E-state index contributed by atoms with van der Waals surface area (Å²) in [6.07, 6.45) is -0.377. The lowest BCUT2D eigenvalue weighted by Crippen LogP contribution is -2.52. The van der Waals surface area contributed by atoms with E-state index >= 15 is 0 Å². The molecule has 0 aromatic heterocycles. The van der Waals surface area contributed by atoms with Gasteiger partial charge in [0.15, 0.2) is 0 Å². The van der Waals surface area contributed by atoms with E-state index in [-0.39, 0.29) is 18.6 Å². The molecule has 0 bridgehead atoms. The van der Waals surface area contributed by atoms with Gasteiger partial charge in [0.1, 0.15) is 5.78 Å². The van der Waals surface area contributed by atoms with Crippen LogP contribution in [0.5, 0.6) is 0 Å². The maximum Gasteiger partial charge on any atom is 0.227 e. The molecule has 60 valence electrons. The number of carbonyl (C=O) groups is 3. The Balaban J connectivity index is 2.63. The molecule has 5 nitrogen and oxygen atoms in total. The molecule has 1 fully saturated rings. The van der Waals surface area contributed by atoms with Crippen molar-refractivity contribution in [3.63, 3.8) is 0 Å². The highest BCUT2D eigenvalue weighted by Crippen LogP contribution is 2.03. The lowest BCUT2D eigenvalue weighted by atomic mass is 10.0. The Hall–Kier alpha value is -1.39. The first kappa shape index (κ1) is 7.71. The molecular formula is C6H6NO4-. The van der Waals surface area contributed by atoms with E-state index < -0.39 is 17.9 Å². The summed E-state index contributed by atoms with van der Waals surface area (Å²) in [5.74, 6) is -2.31. The minimum absolute atomic E-state index is 0.159. The zero-order valence-electron chi connectivity index (χ0n) is 5.62. The van der Waals surface area contributed by atoms with Crippen molar-refractivity contribution in [3.05, 3.63) is 0 Å². The molecule has 1 N–H and O–H groups in total. The summed E-state index contributed by atoms with van der Waals surface area (Å²) >= 11 is 0. The van der Waals surface area contributed by atoms with Crippen LogP contribution in [0.2, 0.25) is 0 Å². The zero-order chi connectivity index (χ0) is 8.43. The molecule has 1 saturated heterocycles. The largest absolute Gasteiger partial charge is 0.548 e. The molecule has 1 heterocycles. The second-order valence-corrected chi connectivity index (χ2v) is 2.36. The number of aliphatic carboxylic acids is 1. The van der Waals surface area contributed by atoms with Crippen molar-refractivity contribution in [1.82, 2.24) is 5.32 Å². The van der Waals surface area contributed by atoms with E-state index in [2.05, 4.69) is 5.32 Å². The third-order valence-corrected chi connectivity index (χ3v) is 1.41. The number of carboxylic acid groups (broad SMARTS) is 1. The number of nitrogens with one attached hydrogen (secondary N) is 1. The van der Waals surface area contributed by atoms with Crippen LogP contribution < -0.4 is 10.4 Å². The van der Waals surface area contributed by atoms with E-state index in [9.17, 15) is 19.5 Å². The van der Waals surface area contributed by atoms with Crippen LogP contribution in [0.3, 0.4) is 0 Å². The molecule has 0 aromatic carbocycles. The Labute approximate surface area is 62.4 Å². The van der Waals surface area contributed by atoms with Gasteiger partial charge in [-0.15, -0.1) is 0 Å². The number of carbonyl (C=O) groups excluding carboxylic acids is 3. The van der Waals surface area contributed by atoms with Crippen molar-refractivity contribution in [2.75, 3.05) is 0 Å². The molecule has 11 heavy (non-hydrogen) atoms. The van der Waals surface area contributed by atoms with Gasteiger partial charge < -0.3 is 15.2 Å². The van der Waals surface area contributed by atoms with Gasteiger partial charge in [0.2, 0.25) is 5.91 Å². The quantitative estimate of drug-likeness (QED) is 0.428. The van der Waals surface area contributed by atoms with E-state index in [0.717, 1.165) is 0 Å². The Kier molecular flexibility index (Phi) is 1.89. The summed E-state index contributed by atoms with van der Waals surface area (Å²) in [6, 6.07) is -1.14. The van der Waals surface area contributed by atoms with Gasteiger partial charge in [0, 0.05) is 6.42 Å². The number of piperidine rings is 1. The standard InChI is InChI=1S/C6H7NO4/c8-3-1-4(6(10)11)7-5(9)2-3/h4H,1-2H2,(H,7,9)(H,10,11)/p-1/t4-/m0/s1. The van der Waals surface area contributed by atoms with E-state index in [1.165, 1.54) is 0 Å². The van der Waals surface area contributed by atoms with Crippen molar-refractivity contribution in [1.29, 1.82) is 0 Å². The van der Waals surface area contributed by atoms with Crippen LogP contribution >= 0.6 is 0 Å². The molecule has 0 saturated carbocycles. The molecular weight excluding hydrogens is 150 g/mol. The van der Waals surface area contributed by atoms with Gasteiger partial charge in [-0.2, -0.15) is 0 Å². The van der Waals surface area contributed by atoms with Crippen molar-refractivity contribution < 1.29 is 19.5 Å². The molecule has 1 aliphatic rings. The molecule has 0 spiro atoms. The first-order valence-corrected chi connectivity index (χ1v) is 3.11. The highest BCUT2D eigenvalue weighted by molar-refractivity contribution is 6.03. The normalized spacial score (nSPS) is 24.5. The summed E-state index contributed by atoms with van der Waals surface area (Å²) in [5.41, 5.74) is 0. The van der Waals surface area contributed by atoms with E-state index in [4.69, 9.17) is 0 Å². The average Bonchev–Trinajstić information content (AvgIpc) is 1.85. The highest BCUT2D eigenvalue weighted by atomic mass is 16.4. The predicted molar refractivity (Wildman–Crippen MR) is 31.2 cm³/mol. The molecule has 0 radical (unpaired) electrons. The molecule has 0 aliphatic carbocycles. The number of amides is 1. The number of ketones is 1. The minimum Gasteiger partial charge on any atom is -0.548 e. The SMILES string of the molecule is O=C1CC(=O)N[C@H](C(=O)[O-])C1. The molecule has 0 unspecified atom stereocenters. The Morgan fingerprint density at radius 1 is 1.55 bits per heavy atom. The lowest BCUT2D eigenvalue weighted by molar-refractivity contribution is -0.308. The van der Waals surface area contributed by atoms with Gasteiger partial charge in [0.05, 0.1) is 18.4 Å². The summed E-state index contributed by atoms with van der Waals surface area (Å²) in [5, 5.41) is 12.3. The summed E-state index contributed by atoms with van der Waals surface area (Å²) < 4.78 is 0. The fraction of sp³-hybridized carbons (Fsp3) is 0.500. The van der Waals surface area contributed by atoms with Crippen molar-refractivity contribution in [2.24, 2.45) is 0 Å². The van der Waals surface area contributed by atoms with Crippen LogP contribution in [0.15, 0.2) is 0 Å². The van der Waals surface area contributed by atoms with Gasteiger partial charge in [-0.25, -0.2) is 0 Å². The average molecular weight is 156 g/mol. The minimum atomic E-state index is -1.41. The molecule has 1 aliphatic heterocycles. The summed E-state index contributed by atoms with van der Waals surface area (Å²) in [7, 11) is 0. The Morgan fingerprint density at radius 2 is 2.18 bits per heavy atom. The van der Waals surface area contributed by atoms with Crippen LogP contribution in [-0.4, -0.2) is 23.7 Å². The van der Waals surface area contributed by atoms with Crippen LogP contribution in [0.4, 0.5) is 0 Å². The Bertz CT molecular complexity index is 207. The number of carboxylic acids is 1. The van der Waals surface area contributed by atoms with Gasteiger partial charge in [-0.05, 0) is 0 Å². The highest BCUT2D eigenvalue weighted by Gasteiger charge is 2.24. The topological polar surface area (TPSA) is 86.3 Å². The second-order valence-electron chi connectivity index (χ2n) is 2.36. The van der Waals surface area contributed by atoms with E-state index in [1.807, 2.05) is 0 Å². The lowest BCUT2D eigenvalue weighted by Gasteiger charge is -2.22. The summed E-state index contributed by atoms with van der Waals surface area (Å²) in [4.78, 5) is 31.4. The number of rotatable bonds is 1. The molecule has 1 rings (SSSR count).